The molecule has 0 bridgehead atoms. The molecule has 0 spiro atoms. The van der Waals surface area contributed by atoms with Gasteiger partial charge in [-0.05, 0) is 47.3 Å². The van der Waals surface area contributed by atoms with Gasteiger partial charge in [-0.1, -0.05) is 6.08 Å². The third-order valence-electron chi connectivity index (χ3n) is 4.26. The van der Waals surface area contributed by atoms with Gasteiger partial charge in [0, 0.05) is 31.2 Å². The highest BCUT2D eigenvalue weighted by Gasteiger charge is 2.40. The summed E-state index contributed by atoms with van der Waals surface area (Å²) in [4.78, 5) is 4.89. The molecule has 3 heteroatoms. The first-order chi connectivity index (χ1) is 8.02. The van der Waals surface area contributed by atoms with Crippen molar-refractivity contribution in [1.29, 1.82) is 0 Å². The Balaban J connectivity index is 2.36. The number of hydrogen-bond donors (Lipinski definition) is 1. The zero-order valence-corrected chi connectivity index (χ0v) is 12.0. The molecule has 0 aromatic heterocycles. The quantitative estimate of drug-likeness (QED) is 0.512. The smallest absolute Gasteiger partial charge is 0.0330 e. The summed E-state index contributed by atoms with van der Waals surface area (Å²) in [5, 5.41) is 3.39. The van der Waals surface area contributed by atoms with Crippen molar-refractivity contribution in [2.24, 2.45) is 0 Å². The van der Waals surface area contributed by atoms with E-state index in [1.165, 1.54) is 25.8 Å². The SMILES string of the molecule is C=CCNCC(C)N(C)CC1(N(C)C)CCC1. The normalized spacial score (nSPS) is 20.4. The van der Waals surface area contributed by atoms with E-state index in [2.05, 4.69) is 49.8 Å². The summed E-state index contributed by atoms with van der Waals surface area (Å²) < 4.78 is 0. The first kappa shape index (κ1) is 14.7. The lowest BCUT2D eigenvalue weighted by atomic mass is 9.75. The van der Waals surface area contributed by atoms with Crippen LogP contribution >= 0.6 is 0 Å². The first-order valence-corrected chi connectivity index (χ1v) is 6.71. The van der Waals surface area contributed by atoms with Crippen LogP contribution in [0, 0.1) is 0 Å². The Morgan fingerprint density at radius 2 is 2.00 bits per heavy atom. The molecule has 0 heterocycles. The Hall–Kier alpha value is -0.380. The minimum Gasteiger partial charge on any atom is -0.312 e. The molecule has 0 aromatic carbocycles. The van der Waals surface area contributed by atoms with Gasteiger partial charge in [0.15, 0.2) is 0 Å². The maximum Gasteiger partial charge on any atom is 0.0330 e. The average Bonchev–Trinajstić information content (AvgIpc) is 2.22. The molecule has 100 valence electrons. The molecular weight excluding hydrogens is 210 g/mol. The van der Waals surface area contributed by atoms with E-state index in [-0.39, 0.29) is 0 Å². The summed E-state index contributed by atoms with van der Waals surface area (Å²) in [6.07, 6.45) is 5.99. The number of rotatable bonds is 8. The fourth-order valence-corrected chi connectivity index (χ4v) is 2.50. The van der Waals surface area contributed by atoms with Crippen LogP contribution in [0.4, 0.5) is 0 Å². The predicted molar refractivity (Wildman–Crippen MR) is 75.4 cm³/mol. The summed E-state index contributed by atoms with van der Waals surface area (Å²) in [5.74, 6) is 0. The van der Waals surface area contributed by atoms with Crippen molar-refractivity contribution in [2.75, 3.05) is 40.8 Å². The van der Waals surface area contributed by atoms with Crippen LogP contribution in [0.15, 0.2) is 12.7 Å². The van der Waals surface area contributed by atoms with E-state index in [0.717, 1.165) is 13.1 Å². The van der Waals surface area contributed by atoms with Crippen LogP contribution in [-0.2, 0) is 0 Å². The molecule has 1 N–H and O–H groups in total. The van der Waals surface area contributed by atoms with E-state index in [1.807, 2.05) is 6.08 Å². The molecule has 0 amide bonds. The molecule has 0 aromatic rings. The van der Waals surface area contributed by atoms with E-state index in [9.17, 15) is 0 Å². The Morgan fingerprint density at radius 3 is 2.41 bits per heavy atom. The zero-order valence-electron chi connectivity index (χ0n) is 12.0. The second kappa shape index (κ2) is 6.53. The lowest BCUT2D eigenvalue weighted by molar-refractivity contribution is 0.0183. The molecule has 1 fully saturated rings. The van der Waals surface area contributed by atoms with Gasteiger partial charge in [0.2, 0.25) is 0 Å². The molecule has 1 unspecified atom stereocenters. The lowest BCUT2D eigenvalue weighted by Gasteiger charge is -2.50. The van der Waals surface area contributed by atoms with Gasteiger partial charge in [0.25, 0.3) is 0 Å². The molecule has 0 aliphatic heterocycles. The monoisotopic (exact) mass is 239 g/mol. The number of hydrogen-bond acceptors (Lipinski definition) is 3. The highest BCUT2D eigenvalue weighted by Crippen LogP contribution is 2.36. The Bertz CT molecular complexity index is 234. The van der Waals surface area contributed by atoms with Gasteiger partial charge < -0.3 is 15.1 Å². The molecule has 1 rings (SSSR count). The molecule has 0 radical (unpaired) electrons. The Labute approximate surface area is 107 Å². The van der Waals surface area contributed by atoms with Gasteiger partial charge in [0.1, 0.15) is 0 Å². The van der Waals surface area contributed by atoms with Crippen molar-refractivity contribution in [3.8, 4) is 0 Å². The van der Waals surface area contributed by atoms with Crippen LogP contribution in [-0.4, -0.2) is 62.2 Å². The number of nitrogens with one attached hydrogen (secondary N) is 1. The van der Waals surface area contributed by atoms with Gasteiger partial charge in [-0.2, -0.15) is 0 Å². The fourth-order valence-electron chi connectivity index (χ4n) is 2.50. The van der Waals surface area contributed by atoms with Gasteiger partial charge in [-0.3, -0.25) is 0 Å². The molecular formula is C14H29N3. The fraction of sp³-hybridized carbons (Fsp3) is 0.857. The molecule has 1 aliphatic rings. The minimum absolute atomic E-state index is 0.432. The van der Waals surface area contributed by atoms with Gasteiger partial charge in [-0.15, -0.1) is 6.58 Å². The molecule has 1 aliphatic carbocycles. The largest absolute Gasteiger partial charge is 0.312 e. The van der Waals surface area contributed by atoms with E-state index >= 15 is 0 Å². The third kappa shape index (κ3) is 3.80. The third-order valence-corrected chi connectivity index (χ3v) is 4.26. The van der Waals surface area contributed by atoms with Gasteiger partial charge in [-0.25, -0.2) is 0 Å². The second-order valence-electron chi connectivity index (χ2n) is 5.68. The minimum atomic E-state index is 0.432. The average molecular weight is 239 g/mol. The topological polar surface area (TPSA) is 18.5 Å². The Kier molecular flexibility index (Phi) is 5.63. The van der Waals surface area contributed by atoms with Crippen molar-refractivity contribution in [3.63, 3.8) is 0 Å². The zero-order chi connectivity index (χ0) is 12.9. The number of nitrogens with zero attached hydrogens (tertiary/aromatic N) is 2. The predicted octanol–water partition coefficient (Wildman–Crippen LogP) is 1.57. The van der Waals surface area contributed by atoms with Gasteiger partial charge >= 0.3 is 0 Å². The lowest BCUT2D eigenvalue weighted by Crippen LogP contribution is -2.58. The standard InChI is InChI=1S/C14H29N3/c1-6-10-15-11-13(2)17(5)12-14(16(3)4)8-7-9-14/h6,13,15H,1,7-12H2,2-5H3. The van der Waals surface area contributed by atoms with Crippen LogP contribution in [0.5, 0.6) is 0 Å². The van der Waals surface area contributed by atoms with Crippen molar-refractivity contribution < 1.29 is 0 Å². The first-order valence-electron chi connectivity index (χ1n) is 6.71. The summed E-state index contributed by atoms with van der Waals surface area (Å²) >= 11 is 0. The molecule has 3 nitrogen and oxygen atoms in total. The van der Waals surface area contributed by atoms with Crippen molar-refractivity contribution >= 4 is 0 Å². The van der Waals surface area contributed by atoms with E-state index in [1.54, 1.807) is 0 Å². The van der Waals surface area contributed by atoms with Crippen molar-refractivity contribution in [1.82, 2.24) is 15.1 Å². The van der Waals surface area contributed by atoms with Crippen LogP contribution in [0.2, 0.25) is 0 Å². The maximum absolute atomic E-state index is 3.72. The highest BCUT2D eigenvalue weighted by atomic mass is 15.2. The van der Waals surface area contributed by atoms with Crippen molar-refractivity contribution in [2.45, 2.75) is 37.8 Å². The molecule has 1 saturated carbocycles. The van der Waals surface area contributed by atoms with E-state index in [4.69, 9.17) is 0 Å². The second-order valence-corrected chi connectivity index (χ2v) is 5.68. The number of likely N-dealkylation sites (N-methyl/N-ethyl adjacent to an activating group) is 2. The summed E-state index contributed by atoms with van der Waals surface area (Å²) in [6, 6.07) is 0.576. The Morgan fingerprint density at radius 1 is 1.35 bits per heavy atom. The van der Waals surface area contributed by atoms with Crippen LogP contribution < -0.4 is 5.32 Å². The van der Waals surface area contributed by atoms with Gasteiger partial charge in [0.05, 0.1) is 0 Å². The highest BCUT2D eigenvalue weighted by molar-refractivity contribution is 4.98. The molecule has 0 saturated heterocycles. The van der Waals surface area contributed by atoms with E-state index < -0.39 is 0 Å². The molecule has 17 heavy (non-hydrogen) atoms. The summed E-state index contributed by atoms with van der Waals surface area (Å²) in [6.45, 7) is 9.13. The van der Waals surface area contributed by atoms with Crippen LogP contribution in [0.25, 0.3) is 0 Å². The van der Waals surface area contributed by atoms with Crippen LogP contribution in [0.3, 0.4) is 0 Å². The van der Waals surface area contributed by atoms with Crippen LogP contribution in [0.1, 0.15) is 26.2 Å². The van der Waals surface area contributed by atoms with Crippen molar-refractivity contribution in [3.05, 3.63) is 12.7 Å². The molecule has 1 atom stereocenters. The summed E-state index contributed by atoms with van der Waals surface area (Å²) in [7, 11) is 6.67. The summed E-state index contributed by atoms with van der Waals surface area (Å²) in [5.41, 5.74) is 0.432. The maximum atomic E-state index is 3.72. The van der Waals surface area contributed by atoms with E-state index in [0.29, 0.717) is 11.6 Å².